The summed E-state index contributed by atoms with van der Waals surface area (Å²) in [4.78, 5) is 23.7. The van der Waals surface area contributed by atoms with Crippen LogP contribution < -0.4 is 15.4 Å². The van der Waals surface area contributed by atoms with Gasteiger partial charge in [0.25, 0.3) is 5.91 Å². The summed E-state index contributed by atoms with van der Waals surface area (Å²) in [6.45, 7) is -2.82. The van der Waals surface area contributed by atoms with Gasteiger partial charge >= 0.3 is 12.6 Å². The minimum Gasteiger partial charge on any atom is -0.481 e. The number of hydrogen-bond acceptors (Lipinski definition) is 4. The second-order valence-corrected chi connectivity index (χ2v) is 6.34. The molecule has 1 saturated carbocycles. The molecule has 0 radical (unpaired) electrons. The number of alkyl halides is 2. The van der Waals surface area contributed by atoms with Gasteiger partial charge in [-0.15, -0.1) is 0 Å². The number of amides is 1. The maximum atomic E-state index is 12.5. The van der Waals surface area contributed by atoms with Crippen LogP contribution in [-0.4, -0.2) is 30.1 Å². The maximum Gasteiger partial charge on any atom is 0.387 e. The molecule has 3 rings (SSSR count). The van der Waals surface area contributed by atoms with Crippen LogP contribution >= 0.6 is 0 Å². The van der Waals surface area contributed by atoms with Crippen molar-refractivity contribution in [2.24, 2.45) is 5.41 Å². The van der Waals surface area contributed by atoms with Crippen LogP contribution in [0.3, 0.4) is 0 Å². The van der Waals surface area contributed by atoms with Crippen molar-refractivity contribution >= 4 is 23.3 Å². The highest BCUT2D eigenvalue weighted by Gasteiger charge is 2.50. The monoisotopic (exact) mass is 376 g/mol. The molecule has 1 amide bonds. The van der Waals surface area contributed by atoms with Crippen LogP contribution in [0.1, 0.15) is 23.2 Å². The quantitative estimate of drug-likeness (QED) is 0.655. The van der Waals surface area contributed by atoms with Gasteiger partial charge in [0, 0.05) is 12.2 Å². The Balaban J connectivity index is 1.68. The van der Waals surface area contributed by atoms with Gasteiger partial charge < -0.3 is 20.5 Å². The fraction of sp³-hybridized carbons (Fsp3) is 0.263. The highest BCUT2D eigenvalue weighted by atomic mass is 19.3. The molecule has 6 nitrogen and oxygen atoms in total. The smallest absolute Gasteiger partial charge is 0.387 e. The molecule has 27 heavy (non-hydrogen) atoms. The van der Waals surface area contributed by atoms with E-state index in [1.807, 2.05) is 0 Å². The normalized spacial score (nSPS) is 14.5. The summed E-state index contributed by atoms with van der Waals surface area (Å²) < 4.78 is 28.7. The second kappa shape index (κ2) is 7.61. The molecule has 3 N–H and O–H groups in total. The average molecular weight is 376 g/mol. The second-order valence-electron chi connectivity index (χ2n) is 6.34. The summed E-state index contributed by atoms with van der Waals surface area (Å²) in [6.07, 6.45) is 1.10. The van der Waals surface area contributed by atoms with E-state index in [1.54, 1.807) is 36.4 Å². The van der Waals surface area contributed by atoms with E-state index in [0.29, 0.717) is 29.8 Å². The lowest BCUT2D eigenvalue weighted by molar-refractivity contribution is -0.143. The molecule has 2 aromatic rings. The molecule has 0 aromatic heterocycles. The number of hydrogen-bond donors (Lipinski definition) is 3. The van der Waals surface area contributed by atoms with Crippen LogP contribution in [0.2, 0.25) is 0 Å². The van der Waals surface area contributed by atoms with Crippen LogP contribution in [0, 0.1) is 5.41 Å². The summed E-state index contributed by atoms with van der Waals surface area (Å²) in [5.41, 5.74) is 0.601. The van der Waals surface area contributed by atoms with Gasteiger partial charge in [-0.2, -0.15) is 8.78 Å². The average Bonchev–Trinajstić information content (AvgIpc) is 3.43. The van der Waals surface area contributed by atoms with Crippen molar-refractivity contribution < 1.29 is 28.2 Å². The van der Waals surface area contributed by atoms with Gasteiger partial charge in [-0.25, -0.2) is 0 Å². The minimum atomic E-state index is -2.89. The van der Waals surface area contributed by atoms with Crippen molar-refractivity contribution in [2.75, 3.05) is 11.9 Å². The molecule has 0 unspecified atom stereocenters. The predicted octanol–water partition coefficient (Wildman–Crippen LogP) is 3.63. The lowest BCUT2D eigenvalue weighted by atomic mass is 10.1. The van der Waals surface area contributed by atoms with Crippen molar-refractivity contribution in [3.63, 3.8) is 0 Å². The number of carbonyl (C=O) groups is 2. The van der Waals surface area contributed by atoms with Crippen LogP contribution in [0.4, 0.5) is 20.2 Å². The van der Waals surface area contributed by atoms with Crippen molar-refractivity contribution in [3.05, 3.63) is 54.1 Å². The number of carboxylic acids is 1. The first-order chi connectivity index (χ1) is 12.9. The molecule has 142 valence electrons. The van der Waals surface area contributed by atoms with Gasteiger partial charge in [-0.1, -0.05) is 12.1 Å². The molecule has 1 aliphatic rings. The van der Waals surface area contributed by atoms with E-state index in [9.17, 15) is 23.5 Å². The van der Waals surface area contributed by atoms with Gasteiger partial charge in [0.15, 0.2) is 0 Å². The molecule has 0 heterocycles. The highest BCUT2D eigenvalue weighted by molar-refractivity contribution is 6.00. The molecule has 2 aromatic carbocycles. The number of aliphatic carboxylic acids is 1. The standard InChI is InChI=1S/C19H18F2N2O4/c20-18(21)27-13-7-5-12(6-8-13)23-15-4-2-1-3-14(15)16(24)22-11-19(9-10-19)17(25)26/h1-8,18,23H,9-11H2,(H,22,24)(H,25,26). The lowest BCUT2D eigenvalue weighted by Gasteiger charge is -2.15. The summed E-state index contributed by atoms with van der Waals surface area (Å²) >= 11 is 0. The number of carboxylic acid groups (broad SMARTS) is 1. The maximum absolute atomic E-state index is 12.5. The Morgan fingerprint density at radius 1 is 1.11 bits per heavy atom. The largest absolute Gasteiger partial charge is 0.481 e. The van der Waals surface area contributed by atoms with Crippen molar-refractivity contribution in [2.45, 2.75) is 19.5 Å². The zero-order valence-corrected chi connectivity index (χ0v) is 14.2. The number of carbonyl (C=O) groups excluding carboxylic acids is 1. The number of benzene rings is 2. The molecule has 8 heteroatoms. The third-order valence-electron chi connectivity index (χ3n) is 4.42. The van der Waals surface area contributed by atoms with Gasteiger partial charge in [0.05, 0.1) is 16.7 Å². The van der Waals surface area contributed by atoms with Crippen molar-refractivity contribution in [1.29, 1.82) is 0 Å². The van der Waals surface area contributed by atoms with E-state index < -0.39 is 18.0 Å². The fourth-order valence-electron chi connectivity index (χ4n) is 2.63. The third kappa shape index (κ3) is 4.52. The van der Waals surface area contributed by atoms with Crippen LogP contribution in [0.25, 0.3) is 0 Å². The molecular weight excluding hydrogens is 358 g/mol. The van der Waals surface area contributed by atoms with Crippen LogP contribution in [0.15, 0.2) is 48.5 Å². The number of rotatable bonds is 8. The minimum absolute atomic E-state index is 0.0324. The Bertz CT molecular complexity index is 836. The fourth-order valence-corrected chi connectivity index (χ4v) is 2.63. The van der Waals surface area contributed by atoms with Crippen molar-refractivity contribution in [1.82, 2.24) is 5.32 Å². The molecule has 0 saturated heterocycles. The van der Waals surface area contributed by atoms with Crippen LogP contribution in [-0.2, 0) is 4.79 Å². The van der Waals surface area contributed by atoms with Crippen LogP contribution in [0.5, 0.6) is 5.75 Å². The van der Waals surface area contributed by atoms with Gasteiger partial charge in [0.2, 0.25) is 0 Å². The number of anilines is 2. The number of ether oxygens (including phenoxy) is 1. The van der Waals surface area contributed by atoms with E-state index in [0.717, 1.165) is 0 Å². The zero-order chi connectivity index (χ0) is 19.4. The molecule has 0 bridgehead atoms. The van der Waals surface area contributed by atoms with E-state index in [2.05, 4.69) is 15.4 Å². The topological polar surface area (TPSA) is 87.7 Å². The zero-order valence-electron chi connectivity index (χ0n) is 14.2. The summed E-state index contributed by atoms with van der Waals surface area (Å²) in [6, 6.07) is 12.6. The Hall–Kier alpha value is -3.16. The Morgan fingerprint density at radius 2 is 1.78 bits per heavy atom. The number of halogens is 2. The number of nitrogens with one attached hydrogen (secondary N) is 2. The van der Waals surface area contributed by atoms with Gasteiger partial charge in [-0.3, -0.25) is 9.59 Å². The summed E-state index contributed by atoms with van der Waals surface area (Å²) in [5.74, 6) is -1.26. The van der Waals surface area contributed by atoms with E-state index in [4.69, 9.17) is 0 Å². The van der Waals surface area contributed by atoms with Crippen molar-refractivity contribution in [3.8, 4) is 5.75 Å². The first kappa shape index (κ1) is 18.6. The molecule has 0 aliphatic heterocycles. The third-order valence-corrected chi connectivity index (χ3v) is 4.42. The van der Waals surface area contributed by atoms with Gasteiger partial charge in [0.1, 0.15) is 5.75 Å². The first-order valence-electron chi connectivity index (χ1n) is 8.32. The highest BCUT2D eigenvalue weighted by Crippen LogP contribution is 2.45. The molecular formula is C19H18F2N2O4. The summed E-state index contributed by atoms with van der Waals surface area (Å²) in [7, 11) is 0. The molecule has 1 aliphatic carbocycles. The Kier molecular flexibility index (Phi) is 5.25. The molecule has 1 fully saturated rings. The number of para-hydroxylation sites is 1. The SMILES string of the molecule is O=C(NCC1(C(=O)O)CC1)c1ccccc1Nc1ccc(OC(F)F)cc1. The molecule has 0 atom stereocenters. The summed E-state index contributed by atoms with van der Waals surface area (Å²) in [5, 5.41) is 14.9. The molecule has 0 spiro atoms. The first-order valence-corrected chi connectivity index (χ1v) is 8.32. The van der Waals surface area contributed by atoms with E-state index in [-0.39, 0.29) is 18.2 Å². The Labute approximate surface area is 154 Å². The predicted molar refractivity (Wildman–Crippen MR) is 94.4 cm³/mol. The van der Waals surface area contributed by atoms with E-state index >= 15 is 0 Å². The Morgan fingerprint density at radius 3 is 2.37 bits per heavy atom. The van der Waals surface area contributed by atoms with E-state index in [1.165, 1.54) is 12.1 Å². The lowest BCUT2D eigenvalue weighted by Crippen LogP contribution is -2.34. The van der Waals surface area contributed by atoms with Gasteiger partial charge in [-0.05, 0) is 49.2 Å².